The molecule has 1 unspecified atom stereocenters. The van der Waals surface area contributed by atoms with Crippen molar-refractivity contribution in [3.8, 4) is 0 Å². The van der Waals surface area contributed by atoms with Gasteiger partial charge in [-0.1, -0.05) is 17.9 Å². The van der Waals surface area contributed by atoms with Crippen LogP contribution in [0.4, 0.5) is 5.13 Å². The highest BCUT2D eigenvalue weighted by Crippen LogP contribution is 2.35. The smallest absolute Gasteiger partial charge is 0.193 e. The van der Waals surface area contributed by atoms with E-state index in [2.05, 4.69) is 38.8 Å². The highest BCUT2D eigenvalue weighted by Gasteiger charge is 2.32. The number of aryl methyl sites for hydroxylation is 1. The van der Waals surface area contributed by atoms with E-state index in [1.807, 2.05) is 13.3 Å². The fourth-order valence-corrected chi connectivity index (χ4v) is 3.87. The number of oxazole rings is 1. The standard InChI is InChI=1S/C17H22N6OS/c1-11(18-6-15-8-24-10-19-15)16-12(2)21-17(25-16)22-9-20-23(13(22)3)7-14-4-5-14/h8-10,13-14,18H,1,4-7H2,2-3H3. The number of nitrogens with zero attached hydrogens (tertiary/aromatic N) is 5. The van der Waals surface area contributed by atoms with Crippen molar-refractivity contribution in [2.45, 2.75) is 39.4 Å². The largest absolute Gasteiger partial charge is 0.451 e. The van der Waals surface area contributed by atoms with Gasteiger partial charge in [-0.3, -0.25) is 9.91 Å². The van der Waals surface area contributed by atoms with Gasteiger partial charge in [0.05, 0.1) is 22.8 Å². The van der Waals surface area contributed by atoms with Crippen LogP contribution >= 0.6 is 11.3 Å². The van der Waals surface area contributed by atoms with Crippen molar-refractivity contribution < 1.29 is 4.42 Å². The van der Waals surface area contributed by atoms with Crippen molar-refractivity contribution in [1.29, 1.82) is 0 Å². The molecule has 3 heterocycles. The van der Waals surface area contributed by atoms with Gasteiger partial charge in [-0.15, -0.1) is 0 Å². The summed E-state index contributed by atoms with van der Waals surface area (Å²) in [5.74, 6) is 0.814. The van der Waals surface area contributed by atoms with Gasteiger partial charge in [0.1, 0.15) is 18.8 Å². The van der Waals surface area contributed by atoms with E-state index in [9.17, 15) is 0 Å². The van der Waals surface area contributed by atoms with Crippen LogP contribution < -0.4 is 10.2 Å². The van der Waals surface area contributed by atoms with Crippen molar-refractivity contribution >= 4 is 28.5 Å². The van der Waals surface area contributed by atoms with Gasteiger partial charge in [-0.2, -0.15) is 5.10 Å². The molecule has 0 aromatic carbocycles. The average Bonchev–Trinajstić information content (AvgIpc) is 2.97. The first-order valence-electron chi connectivity index (χ1n) is 8.48. The van der Waals surface area contributed by atoms with Crippen LogP contribution in [-0.2, 0) is 6.54 Å². The fraction of sp³-hybridized carbons (Fsp3) is 0.471. The van der Waals surface area contributed by atoms with Crippen molar-refractivity contribution in [1.82, 2.24) is 20.3 Å². The molecule has 0 bridgehead atoms. The molecule has 2 aliphatic rings. The van der Waals surface area contributed by atoms with E-state index in [0.29, 0.717) is 6.54 Å². The Morgan fingerprint density at radius 3 is 3.04 bits per heavy atom. The molecule has 132 valence electrons. The van der Waals surface area contributed by atoms with E-state index in [0.717, 1.165) is 39.6 Å². The number of aromatic nitrogens is 2. The first kappa shape index (κ1) is 16.1. The van der Waals surface area contributed by atoms with Crippen LogP contribution in [0.25, 0.3) is 5.70 Å². The molecule has 1 N–H and O–H groups in total. The summed E-state index contributed by atoms with van der Waals surface area (Å²) < 4.78 is 4.99. The normalized spacial score (nSPS) is 19.7. The van der Waals surface area contributed by atoms with Gasteiger partial charge in [0.25, 0.3) is 0 Å². The van der Waals surface area contributed by atoms with Gasteiger partial charge < -0.3 is 9.73 Å². The van der Waals surface area contributed by atoms with Gasteiger partial charge in [0.2, 0.25) is 0 Å². The molecule has 0 radical (unpaired) electrons. The molecule has 8 heteroatoms. The Bertz CT molecular complexity index is 779. The molecule has 7 nitrogen and oxygen atoms in total. The second-order valence-corrected chi connectivity index (χ2v) is 7.54. The maximum absolute atomic E-state index is 4.99. The van der Waals surface area contributed by atoms with Gasteiger partial charge in [0, 0.05) is 12.2 Å². The Morgan fingerprint density at radius 2 is 2.32 bits per heavy atom. The summed E-state index contributed by atoms with van der Waals surface area (Å²) in [6, 6.07) is 0. The monoisotopic (exact) mass is 358 g/mol. The predicted octanol–water partition coefficient (Wildman–Crippen LogP) is 3.02. The predicted molar refractivity (Wildman–Crippen MR) is 99.1 cm³/mol. The average molecular weight is 358 g/mol. The van der Waals surface area contributed by atoms with E-state index < -0.39 is 0 Å². The third-order valence-corrected chi connectivity index (χ3v) is 5.78. The fourth-order valence-electron chi connectivity index (χ4n) is 2.81. The van der Waals surface area contributed by atoms with E-state index in [1.165, 1.54) is 19.2 Å². The molecule has 1 aliphatic heterocycles. The van der Waals surface area contributed by atoms with Crippen molar-refractivity contribution in [3.05, 3.63) is 35.5 Å². The highest BCUT2D eigenvalue weighted by atomic mass is 32.1. The Hall–Kier alpha value is -2.35. The number of hydrogen-bond donors (Lipinski definition) is 1. The van der Waals surface area contributed by atoms with Gasteiger partial charge in [-0.25, -0.2) is 9.97 Å². The minimum Gasteiger partial charge on any atom is -0.451 e. The van der Waals surface area contributed by atoms with E-state index in [4.69, 9.17) is 9.40 Å². The summed E-state index contributed by atoms with van der Waals surface area (Å²) in [4.78, 5) is 12.0. The van der Waals surface area contributed by atoms with Gasteiger partial charge in [-0.05, 0) is 32.6 Å². The SMILES string of the molecule is C=C(NCc1cocn1)c1sc(N2C=NN(CC3CC3)C2C)nc1C. The van der Waals surface area contributed by atoms with Crippen molar-refractivity contribution in [2.24, 2.45) is 11.0 Å². The van der Waals surface area contributed by atoms with Crippen LogP contribution in [0.2, 0.25) is 0 Å². The topological polar surface area (TPSA) is 69.8 Å². The van der Waals surface area contributed by atoms with Crippen LogP contribution in [0.15, 0.2) is 28.8 Å². The lowest BCUT2D eigenvalue weighted by Crippen LogP contribution is -2.38. The quantitative estimate of drug-likeness (QED) is 0.820. The molecular formula is C17H22N6OS. The Labute approximate surface area is 151 Å². The zero-order chi connectivity index (χ0) is 17.4. The van der Waals surface area contributed by atoms with E-state index >= 15 is 0 Å². The Kier molecular flexibility index (Phi) is 4.20. The van der Waals surface area contributed by atoms with Crippen LogP contribution in [0, 0.1) is 12.8 Å². The lowest BCUT2D eigenvalue weighted by molar-refractivity contribution is 0.236. The minimum atomic E-state index is 0.204. The lowest BCUT2D eigenvalue weighted by Gasteiger charge is -2.25. The third-order valence-electron chi connectivity index (χ3n) is 4.55. The van der Waals surface area contributed by atoms with Crippen LogP contribution in [-0.4, -0.2) is 34.0 Å². The molecule has 25 heavy (non-hydrogen) atoms. The van der Waals surface area contributed by atoms with Crippen molar-refractivity contribution in [3.63, 3.8) is 0 Å². The molecule has 0 amide bonds. The maximum Gasteiger partial charge on any atom is 0.193 e. The number of rotatable bonds is 7. The molecule has 1 aliphatic carbocycles. The summed E-state index contributed by atoms with van der Waals surface area (Å²) in [7, 11) is 0. The molecule has 1 saturated carbocycles. The summed E-state index contributed by atoms with van der Waals surface area (Å²) in [6.45, 7) is 9.95. The first-order chi connectivity index (χ1) is 12.1. The van der Waals surface area contributed by atoms with Crippen LogP contribution in [0.5, 0.6) is 0 Å². The third kappa shape index (κ3) is 3.39. The van der Waals surface area contributed by atoms with E-state index in [1.54, 1.807) is 17.6 Å². The highest BCUT2D eigenvalue weighted by molar-refractivity contribution is 7.16. The van der Waals surface area contributed by atoms with Gasteiger partial charge >= 0.3 is 0 Å². The summed E-state index contributed by atoms with van der Waals surface area (Å²) in [6.07, 6.45) is 7.81. The Balaban J connectivity index is 1.43. The summed E-state index contributed by atoms with van der Waals surface area (Å²) in [5, 5.41) is 11.0. The molecule has 0 saturated heterocycles. The van der Waals surface area contributed by atoms with Crippen LogP contribution in [0.3, 0.4) is 0 Å². The van der Waals surface area contributed by atoms with Crippen molar-refractivity contribution in [2.75, 3.05) is 11.4 Å². The molecule has 0 spiro atoms. The second kappa shape index (κ2) is 6.51. The first-order valence-corrected chi connectivity index (χ1v) is 9.30. The Morgan fingerprint density at radius 1 is 1.48 bits per heavy atom. The minimum absolute atomic E-state index is 0.204. The van der Waals surface area contributed by atoms with E-state index in [-0.39, 0.29) is 6.17 Å². The molecule has 2 aromatic rings. The molecule has 1 atom stereocenters. The molecule has 4 rings (SSSR count). The number of anilines is 1. The number of thiazole rings is 1. The number of nitrogens with one attached hydrogen (secondary N) is 1. The lowest BCUT2D eigenvalue weighted by atomic mass is 10.3. The number of hydrazone groups is 1. The molecule has 1 fully saturated rings. The summed E-state index contributed by atoms with van der Waals surface area (Å²) in [5.41, 5.74) is 2.67. The second-order valence-electron chi connectivity index (χ2n) is 6.56. The molecular weight excluding hydrogens is 336 g/mol. The zero-order valence-electron chi connectivity index (χ0n) is 14.5. The maximum atomic E-state index is 4.99. The zero-order valence-corrected chi connectivity index (χ0v) is 15.3. The van der Waals surface area contributed by atoms with Gasteiger partial charge in [0.15, 0.2) is 11.5 Å². The molecule has 2 aromatic heterocycles. The number of hydrogen-bond acceptors (Lipinski definition) is 8. The van der Waals surface area contributed by atoms with Crippen LogP contribution in [0.1, 0.15) is 36.0 Å². The summed E-state index contributed by atoms with van der Waals surface area (Å²) >= 11 is 1.63.